The van der Waals surface area contributed by atoms with Gasteiger partial charge in [0.15, 0.2) is 0 Å². The third-order valence-electron chi connectivity index (χ3n) is 3.36. The van der Waals surface area contributed by atoms with E-state index in [0.29, 0.717) is 13.1 Å². The van der Waals surface area contributed by atoms with Crippen LogP contribution in [-0.2, 0) is 4.79 Å². The summed E-state index contributed by atoms with van der Waals surface area (Å²) in [6.45, 7) is 6.46. The van der Waals surface area contributed by atoms with E-state index in [1.165, 1.54) is 0 Å². The van der Waals surface area contributed by atoms with Crippen molar-refractivity contribution in [3.05, 3.63) is 0 Å². The highest BCUT2D eigenvalue weighted by atomic mass is 16.3. The number of aliphatic hydroxyl groups is 1. The smallest absolute Gasteiger partial charge is 0.236 e. The van der Waals surface area contributed by atoms with Gasteiger partial charge in [-0.2, -0.15) is 0 Å². The van der Waals surface area contributed by atoms with Crippen LogP contribution in [0.2, 0.25) is 0 Å². The molecule has 0 bridgehead atoms. The SMILES string of the molecule is CN(CCCN)C(=O)CN1CCN(CCO)CC1. The molecule has 0 aromatic rings. The Morgan fingerprint density at radius 3 is 2.44 bits per heavy atom. The summed E-state index contributed by atoms with van der Waals surface area (Å²) < 4.78 is 0. The molecule has 0 aromatic carbocycles. The number of rotatable bonds is 7. The second-order valence-electron chi connectivity index (χ2n) is 4.80. The topological polar surface area (TPSA) is 73.0 Å². The van der Waals surface area contributed by atoms with Crippen LogP contribution in [0.3, 0.4) is 0 Å². The molecule has 3 N–H and O–H groups in total. The van der Waals surface area contributed by atoms with Gasteiger partial charge in [-0.1, -0.05) is 0 Å². The van der Waals surface area contributed by atoms with Gasteiger partial charge in [0.25, 0.3) is 0 Å². The largest absolute Gasteiger partial charge is 0.395 e. The molecule has 0 atom stereocenters. The minimum atomic E-state index is 0.166. The Hall–Kier alpha value is -0.690. The monoisotopic (exact) mass is 258 g/mol. The number of β-amino-alcohol motifs (C(OH)–C–C–N with tert-alkyl or cyclic N) is 1. The van der Waals surface area contributed by atoms with Crippen molar-refractivity contribution in [2.24, 2.45) is 5.73 Å². The molecular formula is C12H26N4O2. The molecule has 0 unspecified atom stereocenters. The maximum Gasteiger partial charge on any atom is 0.236 e. The summed E-state index contributed by atoms with van der Waals surface area (Å²) in [6.07, 6.45) is 0.854. The normalized spacial score (nSPS) is 17.9. The molecule has 0 spiro atoms. The Morgan fingerprint density at radius 2 is 1.89 bits per heavy atom. The number of amides is 1. The van der Waals surface area contributed by atoms with E-state index in [9.17, 15) is 4.79 Å². The zero-order valence-corrected chi connectivity index (χ0v) is 11.3. The van der Waals surface area contributed by atoms with E-state index in [-0.39, 0.29) is 12.5 Å². The lowest BCUT2D eigenvalue weighted by Gasteiger charge is -2.34. The molecule has 1 aliphatic rings. The Kier molecular flexibility index (Phi) is 7.19. The number of nitrogens with zero attached hydrogens (tertiary/aromatic N) is 3. The van der Waals surface area contributed by atoms with Gasteiger partial charge in [0, 0.05) is 46.3 Å². The molecule has 1 aliphatic heterocycles. The van der Waals surface area contributed by atoms with Crippen LogP contribution in [0.25, 0.3) is 0 Å². The second kappa shape index (κ2) is 8.42. The van der Waals surface area contributed by atoms with Crippen molar-refractivity contribution in [3.63, 3.8) is 0 Å². The van der Waals surface area contributed by atoms with Gasteiger partial charge in [-0.05, 0) is 13.0 Å². The highest BCUT2D eigenvalue weighted by Gasteiger charge is 2.19. The van der Waals surface area contributed by atoms with Crippen LogP contribution in [0.15, 0.2) is 0 Å². The number of carbonyl (C=O) groups excluding carboxylic acids is 1. The molecule has 1 amide bonds. The first-order valence-corrected chi connectivity index (χ1v) is 6.67. The van der Waals surface area contributed by atoms with E-state index >= 15 is 0 Å². The highest BCUT2D eigenvalue weighted by Crippen LogP contribution is 2.02. The number of aliphatic hydroxyl groups excluding tert-OH is 1. The Bertz CT molecular complexity index is 242. The third kappa shape index (κ3) is 5.30. The van der Waals surface area contributed by atoms with Gasteiger partial charge >= 0.3 is 0 Å². The fraction of sp³-hybridized carbons (Fsp3) is 0.917. The summed E-state index contributed by atoms with van der Waals surface area (Å²) in [6, 6.07) is 0. The van der Waals surface area contributed by atoms with Crippen LogP contribution in [0.4, 0.5) is 0 Å². The lowest BCUT2D eigenvalue weighted by atomic mass is 10.3. The average molecular weight is 258 g/mol. The molecule has 1 rings (SSSR count). The molecule has 1 fully saturated rings. The predicted molar refractivity (Wildman–Crippen MR) is 71.3 cm³/mol. The van der Waals surface area contributed by atoms with Crippen LogP contribution >= 0.6 is 0 Å². The quantitative estimate of drug-likeness (QED) is 0.576. The van der Waals surface area contributed by atoms with Crippen LogP contribution in [0.5, 0.6) is 0 Å². The van der Waals surface area contributed by atoms with Gasteiger partial charge in [0.1, 0.15) is 0 Å². The van der Waals surface area contributed by atoms with E-state index in [1.807, 2.05) is 7.05 Å². The van der Waals surface area contributed by atoms with Gasteiger partial charge < -0.3 is 15.7 Å². The zero-order chi connectivity index (χ0) is 13.4. The first-order chi connectivity index (χ1) is 8.67. The Labute approximate surface area is 109 Å². The molecule has 106 valence electrons. The molecule has 18 heavy (non-hydrogen) atoms. The van der Waals surface area contributed by atoms with E-state index in [0.717, 1.165) is 45.7 Å². The summed E-state index contributed by atoms with van der Waals surface area (Å²) in [4.78, 5) is 18.1. The lowest BCUT2D eigenvalue weighted by Crippen LogP contribution is -2.50. The standard InChI is InChI=1S/C12H26N4O2/c1-14(4-2-3-13)12(18)11-16-7-5-15(6-8-16)9-10-17/h17H,2-11,13H2,1H3. The number of hydrogen-bond donors (Lipinski definition) is 2. The van der Waals surface area contributed by atoms with Crippen molar-refractivity contribution in [1.82, 2.24) is 14.7 Å². The number of likely N-dealkylation sites (N-methyl/N-ethyl adjacent to an activating group) is 1. The van der Waals surface area contributed by atoms with E-state index < -0.39 is 0 Å². The van der Waals surface area contributed by atoms with Crippen LogP contribution in [0, 0.1) is 0 Å². The van der Waals surface area contributed by atoms with Crippen LogP contribution in [0.1, 0.15) is 6.42 Å². The van der Waals surface area contributed by atoms with Gasteiger partial charge in [0.2, 0.25) is 5.91 Å². The van der Waals surface area contributed by atoms with Crippen molar-refractivity contribution in [2.45, 2.75) is 6.42 Å². The molecule has 6 nitrogen and oxygen atoms in total. The molecule has 0 saturated carbocycles. The first-order valence-electron chi connectivity index (χ1n) is 6.67. The molecule has 1 saturated heterocycles. The number of carbonyl (C=O) groups is 1. The van der Waals surface area contributed by atoms with E-state index in [4.69, 9.17) is 10.8 Å². The molecule has 1 heterocycles. The van der Waals surface area contributed by atoms with Crippen molar-refractivity contribution in [2.75, 3.05) is 66.0 Å². The van der Waals surface area contributed by atoms with Gasteiger partial charge in [-0.3, -0.25) is 14.6 Å². The molecule has 0 aromatic heterocycles. The summed E-state index contributed by atoms with van der Waals surface area (Å²) in [5.74, 6) is 0.166. The minimum absolute atomic E-state index is 0.166. The van der Waals surface area contributed by atoms with Crippen molar-refractivity contribution in [1.29, 1.82) is 0 Å². The Morgan fingerprint density at radius 1 is 1.28 bits per heavy atom. The van der Waals surface area contributed by atoms with E-state index in [1.54, 1.807) is 4.90 Å². The van der Waals surface area contributed by atoms with Gasteiger partial charge in [-0.15, -0.1) is 0 Å². The molecular weight excluding hydrogens is 232 g/mol. The summed E-state index contributed by atoms with van der Waals surface area (Å²) in [7, 11) is 1.83. The maximum atomic E-state index is 11.9. The van der Waals surface area contributed by atoms with Crippen molar-refractivity contribution >= 4 is 5.91 Å². The highest BCUT2D eigenvalue weighted by molar-refractivity contribution is 5.77. The fourth-order valence-corrected chi connectivity index (χ4v) is 2.08. The Balaban J connectivity index is 2.21. The average Bonchev–Trinajstić information content (AvgIpc) is 2.38. The van der Waals surface area contributed by atoms with Crippen molar-refractivity contribution < 1.29 is 9.90 Å². The summed E-state index contributed by atoms with van der Waals surface area (Å²) >= 11 is 0. The fourth-order valence-electron chi connectivity index (χ4n) is 2.08. The summed E-state index contributed by atoms with van der Waals surface area (Å²) in [5.41, 5.74) is 5.43. The third-order valence-corrected chi connectivity index (χ3v) is 3.36. The predicted octanol–water partition coefficient (Wildman–Crippen LogP) is -1.60. The van der Waals surface area contributed by atoms with Gasteiger partial charge in [0.05, 0.1) is 13.2 Å². The van der Waals surface area contributed by atoms with Crippen LogP contribution in [-0.4, -0.2) is 91.7 Å². The molecule has 6 heteroatoms. The van der Waals surface area contributed by atoms with Crippen molar-refractivity contribution in [3.8, 4) is 0 Å². The van der Waals surface area contributed by atoms with E-state index in [2.05, 4.69) is 9.80 Å². The minimum Gasteiger partial charge on any atom is -0.395 e. The zero-order valence-electron chi connectivity index (χ0n) is 11.3. The van der Waals surface area contributed by atoms with Gasteiger partial charge in [-0.25, -0.2) is 0 Å². The number of piperazine rings is 1. The number of nitrogens with two attached hydrogens (primary N) is 1. The maximum absolute atomic E-state index is 11.9. The molecule has 0 aliphatic carbocycles. The molecule has 0 radical (unpaired) electrons. The first kappa shape index (κ1) is 15.4. The lowest BCUT2D eigenvalue weighted by molar-refractivity contribution is -0.131. The summed E-state index contributed by atoms with van der Waals surface area (Å²) in [5, 5.41) is 8.86. The number of hydrogen-bond acceptors (Lipinski definition) is 5. The second-order valence-corrected chi connectivity index (χ2v) is 4.80. The van der Waals surface area contributed by atoms with Crippen LogP contribution < -0.4 is 5.73 Å².